The fourth-order valence-electron chi connectivity index (χ4n) is 1.31. The van der Waals surface area contributed by atoms with Gasteiger partial charge in [0.15, 0.2) is 0 Å². The summed E-state index contributed by atoms with van der Waals surface area (Å²) < 4.78 is 0. The Bertz CT molecular complexity index is 524. The molecule has 6 nitrogen and oxygen atoms in total. The minimum Gasteiger partial charge on any atom is -0.347 e. The van der Waals surface area contributed by atoms with E-state index in [1.54, 1.807) is 41.7 Å². The molecular formula is C12H13N5O. The molecule has 0 bridgehead atoms. The number of carbonyl (C=O) groups excluding carboxylic acids is 1. The molecule has 0 atom stereocenters. The normalized spacial score (nSPS) is 9.89. The molecule has 0 spiro atoms. The molecule has 0 unspecified atom stereocenters. The average Bonchev–Trinajstić information content (AvgIpc) is 2.40. The van der Waals surface area contributed by atoms with E-state index in [-0.39, 0.29) is 5.91 Å². The van der Waals surface area contributed by atoms with Gasteiger partial charge in [0.1, 0.15) is 5.69 Å². The first-order chi connectivity index (χ1) is 8.66. The molecule has 0 saturated heterocycles. The van der Waals surface area contributed by atoms with Crippen LogP contribution >= 0.6 is 0 Å². The van der Waals surface area contributed by atoms with E-state index < -0.39 is 0 Å². The number of nitrogens with zero attached hydrogens (tertiary/aromatic N) is 4. The Labute approximate surface area is 105 Å². The van der Waals surface area contributed by atoms with Gasteiger partial charge in [-0.3, -0.25) is 9.78 Å². The zero-order valence-corrected chi connectivity index (χ0v) is 10.2. The third-order valence-electron chi connectivity index (χ3n) is 2.19. The molecule has 92 valence electrons. The SMILES string of the molecule is CN(C)c1ncc(NC(=O)c2ccccn2)cn1. The van der Waals surface area contributed by atoms with Crippen molar-refractivity contribution < 1.29 is 4.79 Å². The fraction of sp³-hybridized carbons (Fsp3) is 0.167. The van der Waals surface area contributed by atoms with E-state index >= 15 is 0 Å². The first-order valence-electron chi connectivity index (χ1n) is 5.38. The molecule has 0 aromatic carbocycles. The highest BCUT2D eigenvalue weighted by molar-refractivity contribution is 6.02. The third-order valence-corrected chi connectivity index (χ3v) is 2.19. The predicted octanol–water partition coefficient (Wildman–Crippen LogP) is 1.19. The number of aromatic nitrogens is 3. The topological polar surface area (TPSA) is 71.0 Å². The van der Waals surface area contributed by atoms with Crippen LogP contribution in [0.5, 0.6) is 0 Å². The van der Waals surface area contributed by atoms with Crippen molar-refractivity contribution in [1.82, 2.24) is 15.0 Å². The Kier molecular flexibility index (Phi) is 3.47. The molecule has 1 N–H and O–H groups in total. The number of rotatable bonds is 3. The summed E-state index contributed by atoms with van der Waals surface area (Å²) >= 11 is 0. The molecule has 2 heterocycles. The second kappa shape index (κ2) is 5.22. The Balaban J connectivity index is 2.08. The van der Waals surface area contributed by atoms with Crippen LogP contribution in [0, 0.1) is 0 Å². The Morgan fingerprint density at radius 3 is 2.44 bits per heavy atom. The standard InChI is InChI=1S/C12H13N5O/c1-17(2)12-14-7-9(8-15-12)16-11(18)10-5-3-4-6-13-10/h3-8H,1-2H3,(H,16,18). The zero-order chi connectivity index (χ0) is 13.0. The van der Waals surface area contributed by atoms with E-state index in [4.69, 9.17) is 0 Å². The highest BCUT2D eigenvalue weighted by atomic mass is 16.1. The lowest BCUT2D eigenvalue weighted by Crippen LogP contribution is -2.15. The van der Waals surface area contributed by atoms with Gasteiger partial charge in [-0.25, -0.2) is 9.97 Å². The molecule has 0 aliphatic heterocycles. The van der Waals surface area contributed by atoms with E-state index in [0.717, 1.165) is 0 Å². The smallest absolute Gasteiger partial charge is 0.274 e. The van der Waals surface area contributed by atoms with E-state index in [1.165, 1.54) is 0 Å². The highest BCUT2D eigenvalue weighted by Gasteiger charge is 2.07. The largest absolute Gasteiger partial charge is 0.347 e. The lowest BCUT2D eigenvalue weighted by molar-refractivity contribution is 0.102. The molecule has 0 radical (unpaired) electrons. The van der Waals surface area contributed by atoms with Crippen LogP contribution in [0.15, 0.2) is 36.8 Å². The lowest BCUT2D eigenvalue weighted by Gasteiger charge is -2.10. The maximum absolute atomic E-state index is 11.8. The van der Waals surface area contributed by atoms with Crippen LogP contribution in [0.2, 0.25) is 0 Å². The summed E-state index contributed by atoms with van der Waals surface area (Å²) in [5, 5.41) is 2.68. The minimum atomic E-state index is -0.281. The number of nitrogens with one attached hydrogen (secondary N) is 1. The van der Waals surface area contributed by atoms with Crippen LogP contribution in [-0.2, 0) is 0 Å². The summed E-state index contributed by atoms with van der Waals surface area (Å²) in [5.41, 5.74) is 0.894. The van der Waals surface area contributed by atoms with Crippen LogP contribution < -0.4 is 10.2 Å². The van der Waals surface area contributed by atoms with Crippen molar-refractivity contribution in [2.24, 2.45) is 0 Å². The quantitative estimate of drug-likeness (QED) is 0.876. The maximum Gasteiger partial charge on any atom is 0.274 e. The molecule has 6 heteroatoms. The highest BCUT2D eigenvalue weighted by Crippen LogP contribution is 2.08. The van der Waals surface area contributed by atoms with Crippen LogP contribution in [0.1, 0.15) is 10.5 Å². The molecule has 0 aliphatic carbocycles. The Morgan fingerprint density at radius 1 is 1.17 bits per heavy atom. The lowest BCUT2D eigenvalue weighted by atomic mass is 10.3. The van der Waals surface area contributed by atoms with E-state index in [2.05, 4.69) is 20.3 Å². The fourth-order valence-corrected chi connectivity index (χ4v) is 1.31. The number of carbonyl (C=O) groups is 1. The van der Waals surface area contributed by atoms with Crippen molar-refractivity contribution in [3.8, 4) is 0 Å². The number of hydrogen-bond acceptors (Lipinski definition) is 5. The van der Waals surface area contributed by atoms with Gasteiger partial charge >= 0.3 is 0 Å². The van der Waals surface area contributed by atoms with E-state index in [9.17, 15) is 4.79 Å². The van der Waals surface area contributed by atoms with Crippen molar-refractivity contribution in [2.75, 3.05) is 24.3 Å². The summed E-state index contributed by atoms with van der Waals surface area (Å²) in [5.74, 6) is 0.308. The van der Waals surface area contributed by atoms with Crippen LogP contribution in [-0.4, -0.2) is 35.0 Å². The summed E-state index contributed by atoms with van der Waals surface area (Å²) in [6.45, 7) is 0. The van der Waals surface area contributed by atoms with Gasteiger partial charge in [0.05, 0.1) is 18.1 Å². The predicted molar refractivity (Wildman–Crippen MR) is 68.5 cm³/mol. The molecule has 0 saturated carbocycles. The monoisotopic (exact) mass is 243 g/mol. The van der Waals surface area contributed by atoms with Crippen LogP contribution in [0.4, 0.5) is 11.6 Å². The third kappa shape index (κ3) is 2.79. The second-order valence-corrected chi connectivity index (χ2v) is 3.84. The summed E-state index contributed by atoms with van der Waals surface area (Å²) in [6.07, 6.45) is 4.69. The molecule has 0 fully saturated rings. The summed E-state index contributed by atoms with van der Waals surface area (Å²) in [4.78, 5) is 25.7. The van der Waals surface area contributed by atoms with Crippen molar-refractivity contribution in [1.29, 1.82) is 0 Å². The first-order valence-corrected chi connectivity index (χ1v) is 5.38. The first kappa shape index (κ1) is 12.0. The van der Waals surface area contributed by atoms with Gasteiger partial charge in [-0.1, -0.05) is 6.07 Å². The Hall–Kier alpha value is -2.50. The second-order valence-electron chi connectivity index (χ2n) is 3.84. The number of hydrogen-bond donors (Lipinski definition) is 1. The average molecular weight is 243 g/mol. The molecule has 0 aliphatic rings. The molecule has 2 aromatic rings. The van der Waals surface area contributed by atoms with Crippen molar-refractivity contribution in [3.63, 3.8) is 0 Å². The number of amides is 1. The van der Waals surface area contributed by atoms with Crippen LogP contribution in [0.25, 0.3) is 0 Å². The number of pyridine rings is 1. The minimum absolute atomic E-state index is 0.281. The van der Waals surface area contributed by atoms with Crippen LogP contribution in [0.3, 0.4) is 0 Å². The van der Waals surface area contributed by atoms with Gasteiger partial charge in [0, 0.05) is 20.3 Å². The van der Waals surface area contributed by atoms with E-state index in [0.29, 0.717) is 17.3 Å². The molecule has 18 heavy (non-hydrogen) atoms. The summed E-state index contributed by atoms with van der Waals surface area (Å²) in [6, 6.07) is 5.16. The van der Waals surface area contributed by atoms with E-state index in [1.807, 2.05) is 14.1 Å². The molecule has 2 aromatic heterocycles. The van der Waals surface area contributed by atoms with Gasteiger partial charge in [0.2, 0.25) is 5.95 Å². The molecule has 1 amide bonds. The van der Waals surface area contributed by atoms with Crippen molar-refractivity contribution in [2.45, 2.75) is 0 Å². The zero-order valence-electron chi connectivity index (χ0n) is 10.2. The van der Waals surface area contributed by atoms with Gasteiger partial charge in [-0.15, -0.1) is 0 Å². The molecule has 2 rings (SSSR count). The van der Waals surface area contributed by atoms with Gasteiger partial charge in [0.25, 0.3) is 5.91 Å². The van der Waals surface area contributed by atoms with Gasteiger partial charge in [-0.05, 0) is 12.1 Å². The van der Waals surface area contributed by atoms with Gasteiger partial charge in [-0.2, -0.15) is 0 Å². The number of anilines is 2. The van der Waals surface area contributed by atoms with Gasteiger partial charge < -0.3 is 10.2 Å². The van der Waals surface area contributed by atoms with Crippen molar-refractivity contribution in [3.05, 3.63) is 42.5 Å². The summed E-state index contributed by atoms with van der Waals surface area (Å²) in [7, 11) is 3.70. The maximum atomic E-state index is 11.8. The Morgan fingerprint density at radius 2 is 1.89 bits per heavy atom. The van der Waals surface area contributed by atoms with Crippen molar-refractivity contribution >= 4 is 17.5 Å². The molecular weight excluding hydrogens is 230 g/mol.